The van der Waals surface area contributed by atoms with Crippen molar-refractivity contribution in [1.29, 1.82) is 0 Å². The van der Waals surface area contributed by atoms with E-state index in [2.05, 4.69) is 60.7 Å². The van der Waals surface area contributed by atoms with Gasteiger partial charge in [0, 0.05) is 0 Å². The summed E-state index contributed by atoms with van der Waals surface area (Å²) in [6.45, 7) is 0. The van der Waals surface area contributed by atoms with Gasteiger partial charge in [0.25, 0.3) is 0 Å². The fraction of sp³-hybridized carbons (Fsp3) is 0.100. The van der Waals surface area contributed by atoms with Crippen LogP contribution in [0.25, 0.3) is 32.3 Å². The molecule has 0 fully saturated rings. The average Bonchev–Trinajstić information content (AvgIpc) is 2.92. The van der Waals surface area contributed by atoms with Crippen LogP contribution in [-0.4, -0.2) is 0 Å². The van der Waals surface area contributed by atoms with E-state index in [0.29, 0.717) is 0 Å². The minimum absolute atomic E-state index is 1.19. The van der Waals surface area contributed by atoms with Gasteiger partial charge in [-0.3, -0.25) is 0 Å². The molecule has 0 heterocycles. The van der Waals surface area contributed by atoms with Crippen LogP contribution in [0.4, 0.5) is 0 Å². The highest BCUT2D eigenvalue weighted by Gasteiger charge is 2.16. The molecule has 5 rings (SSSR count). The molecule has 1 aliphatic carbocycles. The number of benzene rings is 4. The lowest BCUT2D eigenvalue weighted by Crippen LogP contribution is -1.84. The van der Waals surface area contributed by atoms with E-state index in [9.17, 15) is 0 Å². The number of fused-ring (bicyclic) bond motifs is 4. The molecule has 0 atom stereocenters. The lowest BCUT2D eigenvalue weighted by molar-refractivity contribution is 1.03. The zero-order chi connectivity index (χ0) is 13.1. The summed E-state index contributed by atoms with van der Waals surface area (Å²) in [5, 5.41) is 8.45. The molecule has 0 unspecified atom stereocenters. The molecule has 0 aliphatic heterocycles. The molecule has 0 aromatic heterocycles. The fourth-order valence-electron chi connectivity index (χ4n) is 3.83. The monoisotopic (exact) mass is 254 g/mol. The number of aryl methyl sites for hydroxylation is 2. The molecule has 0 bridgehead atoms. The average molecular weight is 254 g/mol. The normalized spacial score (nSPS) is 13.6. The van der Waals surface area contributed by atoms with Gasteiger partial charge in [-0.2, -0.15) is 0 Å². The molecular formula is C20H14. The molecule has 0 nitrogen and oxygen atoms in total. The summed E-state index contributed by atoms with van der Waals surface area (Å²) in [5.74, 6) is 0. The molecule has 94 valence electrons. The molecule has 4 aromatic rings. The van der Waals surface area contributed by atoms with Crippen molar-refractivity contribution in [3.63, 3.8) is 0 Å². The Kier molecular flexibility index (Phi) is 1.88. The van der Waals surface area contributed by atoms with Gasteiger partial charge in [0.2, 0.25) is 0 Å². The summed E-state index contributed by atoms with van der Waals surface area (Å²) in [4.78, 5) is 0. The van der Waals surface area contributed by atoms with Crippen LogP contribution in [0.15, 0.2) is 60.7 Å². The van der Waals surface area contributed by atoms with Crippen LogP contribution in [0.2, 0.25) is 0 Å². The number of rotatable bonds is 0. The smallest absolute Gasteiger partial charge is 0.00265 e. The third-order valence-corrected chi connectivity index (χ3v) is 4.70. The molecule has 0 saturated carbocycles. The zero-order valence-electron chi connectivity index (χ0n) is 11.2. The highest BCUT2D eigenvalue weighted by molar-refractivity contribution is 6.21. The second-order valence-electron chi connectivity index (χ2n) is 5.76. The van der Waals surface area contributed by atoms with E-state index in [1.165, 1.54) is 56.3 Å². The minimum atomic E-state index is 1.19. The van der Waals surface area contributed by atoms with E-state index < -0.39 is 0 Å². The van der Waals surface area contributed by atoms with Crippen LogP contribution >= 0.6 is 0 Å². The SMILES string of the molecule is c1ccc2c(c1)ccc1cc3c4c(cccc4c12)CC3. The molecule has 4 aromatic carbocycles. The quantitative estimate of drug-likeness (QED) is 0.376. The highest BCUT2D eigenvalue weighted by atomic mass is 14.2. The molecule has 0 amide bonds. The van der Waals surface area contributed by atoms with E-state index in [0.717, 1.165) is 0 Å². The number of hydrogen-bond donors (Lipinski definition) is 0. The zero-order valence-corrected chi connectivity index (χ0v) is 11.2. The third kappa shape index (κ3) is 1.21. The Labute approximate surface area is 117 Å². The van der Waals surface area contributed by atoms with E-state index in [1.807, 2.05) is 0 Å². The van der Waals surface area contributed by atoms with Crippen LogP contribution in [0.1, 0.15) is 11.1 Å². The first-order valence-electron chi connectivity index (χ1n) is 7.27. The van der Waals surface area contributed by atoms with Gasteiger partial charge in [0.15, 0.2) is 0 Å². The molecule has 1 aliphatic rings. The van der Waals surface area contributed by atoms with Gasteiger partial charge >= 0.3 is 0 Å². The predicted octanol–water partition coefficient (Wildman–Crippen LogP) is 5.24. The molecule has 0 heteroatoms. The molecule has 0 spiro atoms. The maximum absolute atomic E-state index is 2.40. The van der Waals surface area contributed by atoms with E-state index >= 15 is 0 Å². The number of hydrogen-bond acceptors (Lipinski definition) is 0. The summed E-state index contributed by atoms with van der Waals surface area (Å²) in [6, 6.07) is 22.4. The summed E-state index contributed by atoms with van der Waals surface area (Å²) in [6.07, 6.45) is 2.39. The molecule has 0 radical (unpaired) electrons. The molecular weight excluding hydrogens is 240 g/mol. The van der Waals surface area contributed by atoms with Gasteiger partial charge < -0.3 is 0 Å². The lowest BCUT2D eigenvalue weighted by Gasteiger charge is -2.10. The summed E-state index contributed by atoms with van der Waals surface area (Å²) < 4.78 is 0. The van der Waals surface area contributed by atoms with Gasteiger partial charge in [-0.1, -0.05) is 60.7 Å². The highest BCUT2D eigenvalue weighted by Crippen LogP contribution is 2.38. The maximum atomic E-state index is 2.40. The maximum Gasteiger partial charge on any atom is -0.00265 e. The Hall–Kier alpha value is -2.34. The van der Waals surface area contributed by atoms with Crippen molar-refractivity contribution >= 4 is 32.3 Å². The summed E-state index contributed by atoms with van der Waals surface area (Å²) in [7, 11) is 0. The Morgan fingerprint density at radius 2 is 1.35 bits per heavy atom. The molecule has 20 heavy (non-hydrogen) atoms. The van der Waals surface area contributed by atoms with Gasteiger partial charge in [-0.15, -0.1) is 0 Å². The Morgan fingerprint density at radius 3 is 2.35 bits per heavy atom. The first-order chi connectivity index (χ1) is 9.92. The standard InChI is InChI=1S/C20H14/c1-2-6-17-13(4-1)8-10-16-12-15-11-9-14-5-3-7-18(19(14)15)20(16)17/h1-8,10,12H,9,11H2. The first kappa shape index (κ1) is 10.4. The minimum Gasteiger partial charge on any atom is -0.0616 e. The van der Waals surface area contributed by atoms with Crippen molar-refractivity contribution in [2.45, 2.75) is 12.8 Å². The van der Waals surface area contributed by atoms with Crippen molar-refractivity contribution in [2.24, 2.45) is 0 Å². The van der Waals surface area contributed by atoms with Crippen molar-refractivity contribution in [3.05, 3.63) is 71.8 Å². The Bertz CT molecular complexity index is 993. The van der Waals surface area contributed by atoms with Crippen molar-refractivity contribution in [2.75, 3.05) is 0 Å². The van der Waals surface area contributed by atoms with Crippen molar-refractivity contribution < 1.29 is 0 Å². The van der Waals surface area contributed by atoms with E-state index in [1.54, 1.807) is 0 Å². The Balaban J connectivity index is 2.16. The summed E-state index contributed by atoms with van der Waals surface area (Å²) >= 11 is 0. The first-order valence-corrected chi connectivity index (χ1v) is 7.27. The molecule has 0 saturated heterocycles. The lowest BCUT2D eigenvalue weighted by atomic mass is 9.94. The van der Waals surface area contributed by atoms with Crippen LogP contribution in [-0.2, 0) is 12.8 Å². The Morgan fingerprint density at radius 1 is 0.550 bits per heavy atom. The third-order valence-electron chi connectivity index (χ3n) is 4.70. The van der Waals surface area contributed by atoms with E-state index in [-0.39, 0.29) is 0 Å². The van der Waals surface area contributed by atoms with Crippen LogP contribution < -0.4 is 0 Å². The van der Waals surface area contributed by atoms with Crippen LogP contribution in [0.3, 0.4) is 0 Å². The van der Waals surface area contributed by atoms with Gasteiger partial charge in [0.1, 0.15) is 0 Å². The molecule has 0 N–H and O–H groups in total. The van der Waals surface area contributed by atoms with Gasteiger partial charge in [-0.25, -0.2) is 0 Å². The van der Waals surface area contributed by atoms with Crippen molar-refractivity contribution in [1.82, 2.24) is 0 Å². The second-order valence-corrected chi connectivity index (χ2v) is 5.76. The van der Waals surface area contributed by atoms with Gasteiger partial charge in [0.05, 0.1) is 0 Å². The summed E-state index contributed by atoms with van der Waals surface area (Å²) in [5.41, 5.74) is 3.05. The van der Waals surface area contributed by atoms with Gasteiger partial charge in [-0.05, 0) is 56.3 Å². The fourth-order valence-corrected chi connectivity index (χ4v) is 3.83. The largest absolute Gasteiger partial charge is 0.0616 e. The van der Waals surface area contributed by atoms with E-state index in [4.69, 9.17) is 0 Å². The second kappa shape index (κ2) is 3.61. The predicted molar refractivity (Wildman–Crippen MR) is 86.4 cm³/mol. The van der Waals surface area contributed by atoms with Crippen LogP contribution in [0, 0.1) is 0 Å². The topological polar surface area (TPSA) is 0 Å². The van der Waals surface area contributed by atoms with Crippen molar-refractivity contribution in [3.8, 4) is 0 Å². The van der Waals surface area contributed by atoms with Crippen LogP contribution in [0.5, 0.6) is 0 Å².